The zero-order valence-corrected chi connectivity index (χ0v) is 32.1. The van der Waals surface area contributed by atoms with Crippen molar-refractivity contribution < 1.29 is 43.8 Å². The van der Waals surface area contributed by atoms with Crippen molar-refractivity contribution in [2.45, 2.75) is 141 Å². The van der Waals surface area contributed by atoms with E-state index in [0.29, 0.717) is 32.4 Å². The summed E-state index contributed by atoms with van der Waals surface area (Å²) >= 11 is 1.55. The highest BCUT2D eigenvalue weighted by Gasteiger charge is 2.51. The number of ether oxygens (including phenoxy) is 5. The van der Waals surface area contributed by atoms with Crippen LogP contribution in [-0.4, -0.2) is 139 Å². The molecule has 0 spiro atoms. The molecule has 49 heavy (non-hydrogen) atoms. The van der Waals surface area contributed by atoms with Gasteiger partial charge in [0.1, 0.15) is 12.2 Å². The summed E-state index contributed by atoms with van der Waals surface area (Å²) in [5, 5.41) is 40.8. The van der Waals surface area contributed by atoms with Gasteiger partial charge in [-0.25, -0.2) is 4.98 Å². The van der Waals surface area contributed by atoms with Crippen LogP contribution in [0.2, 0.25) is 0 Å². The molecule has 3 aliphatic heterocycles. The molecule has 1 aromatic rings. The molecule has 1 aromatic heterocycles. The van der Waals surface area contributed by atoms with Crippen LogP contribution in [0.3, 0.4) is 0 Å². The van der Waals surface area contributed by atoms with E-state index in [2.05, 4.69) is 17.1 Å². The van der Waals surface area contributed by atoms with Crippen LogP contribution in [0.15, 0.2) is 5.38 Å². The highest BCUT2D eigenvalue weighted by molar-refractivity contribution is 7.13. The Morgan fingerprint density at radius 1 is 1.10 bits per heavy atom. The van der Waals surface area contributed by atoms with Gasteiger partial charge in [-0.1, -0.05) is 20.8 Å². The van der Waals surface area contributed by atoms with Crippen molar-refractivity contribution >= 4 is 22.4 Å². The predicted molar refractivity (Wildman–Crippen MR) is 187 cm³/mol. The molecule has 0 saturated carbocycles. The lowest BCUT2D eigenvalue weighted by Gasteiger charge is -2.49. The molecule has 14 atom stereocenters. The third-order valence-corrected chi connectivity index (χ3v) is 11.8. The molecule has 4 N–H and O–H groups in total. The average molecular weight is 715 g/mol. The van der Waals surface area contributed by atoms with Gasteiger partial charge in [0.05, 0.1) is 47.2 Å². The lowest BCUT2D eigenvalue weighted by atomic mass is 9.77. The van der Waals surface area contributed by atoms with E-state index in [9.17, 15) is 20.1 Å². The summed E-state index contributed by atoms with van der Waals surface area (Å²) in [5.74, 6) is -1.52. The van der Waals surface area contributed by atoms with Gasteiger partial charge in [0.2, 0.25) is 5.91 Å². The van der Waals surface area contributed by atoms with Crippen LogP contribution in [0, 0.1) is 17.8 Å². The second-order valence-electron chi connectivity index (χ2n) is 15.5. The summed E-state index contributed by atoms with van der Waals surface area (Å²) in [6, 6.07) is -0.219. The largest absolute Gasteiger partial charge is 0.387 e. The highest BCUT2D eigenvalue weighted by atomic mass is 32.1. The number of methoxy groups -OCH3 is 1. The molecule has 0 unspecified atom stereocenters. The number of aromatic nitrogens is 1. The van der Waals surface area contributed by atoms with Gasteiger partial charge in [-0.3, -0.25) is 4.79 Å². The molecule has 13 nitrogen and oxygen atoms in total. The van der Waals surface area contributed by atoms with E-state index < -0.39 is 66.1 Å². The van der Waals surface area contributed by atoms with Crippen LogP contribution in [0.25, 0.3) is 0 Å². The zero-order chi connectivity index (χ0) is 36.4. The molecule has 0 aliphatic carbocycles. The maximum Gasteiger partial charge on any atom is 0.225 e. The molecule has 282 valence electrons. The normalized spacial score (nSPS) is 43.4. The maximum absolute atomic E-state index is 13.8. The van der Waals surface area contributed by atoms with Gasteiger partial charge in [-0.15, -0.1) is 11.3 Å². The Balaban J connectivity index is 1.74. The summed E-state index contributed by atoms with van der Waals surface area (Å²) in [6.45, 7) is 14.1. The van der Waals surface area contributed by atoms with Crippen LogP contribution in [0.1, 0.15) is 73.4 Å². The molecule has 0 radical (unpaired) electrons. The number of amides is 1. The molecule has 4 heterocycles. The Labute approximate surface area is 296 Å². The second kappa shape index (κ2) is 16.5. The first kappa shape index (κ1) is 40.3. The van der Waals surface area contributed by atoms with Crippen molar-refractivity contribution in [1.29, 1.82) is 0 Å². The fourth-order valence-electron chi connectivity index (χ4n) is 7.92. The van der Waals surface area contributed by atoms with Gasteiger partial charge in [0, 0.05) is 57.4 Å². The SMILES string of the molecule is CO[C@]1(C)C[C@H](O[C@H]2[C@H](C)[C@@H](O[C@@H]3O[C@H](C)C[C@H](N(C)C)[C@H]3O)[C@](C)(O)C[C@@H](C)CN(C)c3nc(cs3)CCNC(=O)[C@@H]2C)O[C@@H](C)[C@@H]1O. The Morgan fingerprint density at radius 2 is 1.80 bits per heavy atom. The smallest absolute Gasteiger partial charge is 0.225 e. The standard InChI is InChI=1S/C35H62N4O9S/c1-19-15-34(6,43)30(48-32-27(40)25(38(8)9)14-20(2)45-32)21(3)28(47-26-16-35(7,44-11)29(41)23(5)46-26)22(4)31(42)36-13-12-24-18-49-33(37-24)39(10)17-19/h18-23,25-30,32,40-41,43H,12-17H2,1-11H3,(H,36,42)/t19-,20-,21+,22-,23+,25+,26+,27-,28+,29+,30-,32+,34-,35-/m1/s1. The van der Waals surface area contributed by atoms with Crippen molar-refractivity contribution in [1.82, 2.24) is 15.2 Å². The molecule has 2 saturated heterocycles. The third-order valence-electron chi connectivity index (χ3n) is 10.7. The molecule has 2 fully saturated rings. The first-order chi connectivity index (χ1) is 22.9. The zero-order valence-electron chi connectivity index (χ0n) is 31.3. The molecule has 1 amide bonds. The minimum Gasteiger partial charge on any atom is -0.387 e. The second-order valence-corrected chi connectivity index (χ2v) is 16.4. The van der Waals surface area contributed by atoms with Gasteiger partial charge >= 0.3 is 0 Å². The number of aliphatic hydroxyl groups excluding tert-OH is 2. The molecular weight excluding hydrogens is 652 g/mol. The number of anilines is 1. The highest BCUT2D eigenvalue weighted by Crippen LogP contribution is 2.39. The van der Waals surface area contributed by atoms with Crippen molar-refractivity contribution in [3.8, 4) is 0 Å². The van der Waals surface area contributed by atoms with E-state index in [4.69, 9.17) is 28.7 Å². The third kappa shape index (κ3) is 9.51. The summed E-state index contributed by atoms with van der Waals surface area (Å²) in [7, 11) is 7.37. The Bertz CT molecular complexity index is 1220. The summed E-state index contributed by atoms with van der Waals surface area (Å²) in [4.78, 5) is 22.7. The Kier molecular flexibility index (Phi) is 13.6. The number of nitrogens with one attached hydrogen (secondary N) is 1. The van der Waals surface area contributed by atoms with E-state index in [0.717, 1.165) is 10.8 Å². The number of likely N-dealkylation sites (N-methyl/N-ethyl adjacent to an activating group) is 1. The fourth-order valence-corrected chi connectivity index (χ4v) is 8.75. The lowest BCUT2D eigenvalue weighted by Crippen LogP contribution is -2.60. The monoisotopic (exact) mass is 714 g/mol. The predicted octanol–water partition coefficient (Wildman–Crippen LogP) is 2.40. The molecule has 2 bridgehead atoms. The molecule has 0 aromatic carbocycles. The number of carbonyl (C=O) groups excluding carboxylic acids is 1. The van der Waals surface area contributed by atoms with E-state index in [1.165, 1.54) is 0 Å². The van der Waals surface area contributed by atoms with Crippen LogP contribution in [-0.2, 0) is 34.9 Å². The number of thiazole rings is 1. The quantitative estimate of drug-likeness (QED) is 0.342. The van der Waals surface area contributed by atoms with E-state index in [1.807, 2.05) is 52.2 Å². The minimum atomic E-state index is -1.45. The first-order valence-electron chi connectivity index (χ1n) is 17.7. The van der Waals surface area contributed by atoms with Gasteiger partial charge in [0.15, 0.2) is 17.7 Å². The number of hydrogen-bond acceptors (Lipinski definition) is 13. The van der Waals surface area contributed by atoms with Gasteiger partial charge in [-0.2, -0.15) is 0 Å². The van der Waals surface area contributed by atoms with E-state index in [1.54, 1.807) is 39.2 Å². The number of fused-ring (bicyclic) bond motifs is 2. The average Bonchev–Trinajstić information content (AvgIpc) is 3.50. The fraction of sp³-hybridized carbons (Fsp3) is 0.886. The maximum atomic E-state index is 13.8. The van der Waals surface area contributed by atoms with Crippen molar-refractivity contribution in [3.05, 3.63) is 11.1 Å². The molecular formula is C35H62N4O9S. The number of hydrogen-bond donors (Lipinski definition) is 4. The lowest BCUT2D eigenvalue weighted by molar-refractivity contribution is -0.317. The van der Waals surface area contributed by atoms with Crippen LogP contribution in [0.4, 0.5) is 5.13 Å². The number of aliphatic hydroxyl groups is 3. The first-order valence-corrected chi connectivity index (χ1v) is 18.6. The van der Waals surface area contributed by atoms with E-state index in [-0.39, 0.29) is 30.4 Å². The Morgan fingerprint density at radius 3 is 2.45 bits per heavy atom. The van der Waals surface area contributed by atoms with Crippen LogP contribution >= 0.6 is 11.3 Å². The number of carbonyl (C=O) groups is 1. The van der Waals surface area contributed by atoms with Crippen molar-refractivity contribution in [2.75, 3.05) is 46.2 Å². The van der Waals surface area contributed by atoms with Gasteiger partial charge in [-0.05, 0) is 60.5 Å². The number of nitrogens with zero attached hydrogens (tertiary/aromatic N) is 3. The van der Waals surface area contributed by atoms with Crippen LogP contribution in [0.5, 0.6) is 0 Å². The summed E-state index contributed by atoms with van der Waals surface area (Å²) in [5.41, 5.74) is -1.49. The number of rotatable bonds is 6. The van der Waals surface area contributed by atoms with Gasteiger partial charge in [0.25, 0.3) is 0 Å². The summed E-state index contributed by atoms with van der Waals surface area (Å²) in [6.07, 6.45) is -4.50. The Hall–Kier alpha value is -1.46. The molecule has 14 heteroatoms. The van der Waals surface area contributed by atoms with Crippen molar-refractivity contribution in [2.24, 2.45) is 17.8 Å². The van der Waals surface area contributed by atoms with Gasteiger partial charge < -0.3 is 54.1 Å². The molecule has 3 aliphatic rings. The van der Waals surface area contributed by atoms with Crippen LogP contribution < -0.4 is 10.2 Å². The van der Waals surface area contributed by atoms with Crippen molar-refractivity contribution in [3.63, 3.8) is 0 Å². The topological polar surface area (TPSA) is 155 Å². The summed E-state index contributed by atoms with van der Waals surface area (Å²) < 4.78 is 31.6. The minimum absolute atomic E-state index is 0.00992. The molecule has 4 rings (SSSR count). The van der Waals surface area contributed by atoms with E-state index >= 15 is 0 Å².